The highest BCUT2D eigenvalue weighted by atomic mass is 32.2. The summed E-state index contributed by atoms with van der Waals surface area (Å²) in [6, 6.07) is 7.68. The van der Waals surface area contributed by atoms with E-state index >= 15 is 0 Å². The number of para-hydroxylation sites is 2. The molecule has 2 aliphatic heterocycles. The number of carbonyl (C=O) groups excluding carboxylic acids is 3. The van der Waals surface area contributed by atoms with Crippen LogP contribution in [0.3, 0.4) is 0 Å². The van der Waals surface area contributed by atoms with Gasteiger partial charge in [-0.15, -0.1) is 0 Å². The van der Waals surface area contributed by atoms with E-state index in [0.29, 0.717) is 0 Å². The lowest BCUT2D eigenvalue weighted by atomic mass is 10.2. The molecule has 0 bridgehead atoms. The lowest BCUT2D eigenvalue weighted by molar-refractivity contribution is -0.127. The number of thioether (sulfide) groups is 1. The third kappa shape index (κ3) is 4.59. The first-order valence-corrected chi connectivity index (χ1v) is 10.4. The molecule has 8 nitrogen and oxygen atoms in total. The van der Waals surface area contributed by atoms with Gasteiger partial charge in [0.05, 0.1) is 24.6 Å². The molecule has 0 unspecified atom stereocenters. The van der Waals surface area contributed by atoms with E-state index < -0.39 is 0 Å². The average Bonchev–Trinajstić information content (AvgIpc) is 3.05. The lowest BCUT2D eigenvalue weighted by Crippen LogP contribution is -2.54. The molecule has 0 radical (unpaired) electrons. The molecular weight excluding hydrogens is 380 g/mol. The summed E-state index contributed by atoms with van der Waals surface area (Å²) in [4.78, 5) is 41.2. The summed E-state index contributed by atoms with van der Waals surface area (Å²) in [5.41, 5.74) is 1.07. The van der Waals surface area contributed by atoms with E-state index in [0.717, 1.165) is 49.4 Å². The van der Waals surface area contributed by atoms with Crippen molar-refractivity contribution in [2.24, 2.45) is 0 Å². The topological polar surface area (TPSA) is 82.2 Å². The Labute approximate surface area is 169 Å². The maximum atomic E-state index is 12.5. The molecule has 0 saturated carbocycles. The van der Waals surface area contributed by atoms with Crippen molar-refractivity contribution in [3.8, 4) is 5.75 Å². The normalized spacial score (nSPS) is 19.1. The first kappa shape index (κ1) is 20.5. The Morgan fingerprint density at radius 1 is 1.21 bits per heavy atom. The van der Waals surface area contributed by atoms with Gasteiger partial charge < -0.3 is 15.0 Å². The Kier molecular flexibility index (Phi) is 6.79. The zero-order valence-corrected chi connectivity index (χ0v) is 17.0. The van der Waals surface area contributed by atoms with Crippen LogP contribution in [0.2, 0.25) is 0 Å². The van der Waals surface area contributed by atoms with Crippen molar-refractivity contribution in [2.75, 3.05) is 57.0 Å². The summed E-state index contributed by atoms with van der Waals surface area (Å²) < 4.78 is 5.44. The number of methoxy groups -OCH3 is 1. The van der Waals surface area contributed by atoms with Crippen LogP contribution in [0.5, 0.6) is 5.75 Å². The van der Waals surface area contributed by atoms with Crippen molar-refractivity contribution >= 4 is 34.5 Å². The van der Waals surface area contributed by atoms with Gasteiger partial charge in [0.15, 0.2) is 0 Å². The zero-order chi connectivity index (χ0) is 20.1. The second-order valence-corrected chi connectivity index (χ2v) is 7.69. The predicted molar refractivity (Wildman–Crippen MR) is 109 cm³/mol. The minimum atomic E-state index is -0.265. The number of nitrogens with one attached hydrogen (secondary N) is 1. The Hall–Kier alpha value is -2.26. The summed E-state index contributed by atoms with van der Waals surface area (Å²) in [7, 11) is 1.67. The van der Waals surface area contributed by atoms with Gasteiger partial charge >= 0.3 is 0 Å². The molecule has 2 heterocycles. The molecular formula is C19H26N4O4S. The Morgan fingerprint density at radius 2 is 1.93 bits per heavy atom. The molecule has 3 rings (SSSR count). The van der Waals surface area contributed by atoms with Crippen molar-refractivity contribution in [3.63, 3.8) is 0 Å². The monoisotopic (exact) mass is 406 g/mol. The number of amides is 3. The number of imide groups is 1. The molecule has 3 amide bonds. The third-order valence-electron chi connectivity index (χ3n) is 5.14. The molecule has 1 aromatic rings. The van der Waals surface area contributed by atoms with Gasteiger partial charge in [0.2, 0.25) is 11.8 Å². The molecule has 9 heteroatoms. The Bertz CT molecular complexity index is 720. The van der Waals surface area contributed by atoms with Crippen LogP contribution in [0.4, 0.5) is 10.5 Å². The highest BCUT2D eigenvalue weighted by molar-refractivity contribution is 8.14. The largest absolute Gasteiger partial charge is 0.495 e. The van der Waals surface area contributed by atoms with E-state index in [1.807, 2.05) is 31.2 Å². The number of piperazine rings is 1. The number of ether oxygens (including phenoxy) is 1. The van der Waals surface area contributed by atoms with Gasteiger partial charge in [-0.25, -0.2) is 0 Å². The van der Waals surface area contributed by atoms with Crippen molar-refractivity contribution in [2.45, 2.75) is 13.0 Å². The minimum Gasteiger partial charge on any atom is -0.495 e. The smallest absolute Gasteiger partial charge is 0.288 e. The second kappa shape index (κ2) is 9.29. The van der Waals surface area contributed by atoms with Crippen molar-refractivity contribution in [1.29, 1.82) is 0 Å². The molecule has 2 fully saturated rings. The number of benzene rings is 1. The van der Waals surface area contributed by atoms with Crippen molar-refractivity contribution in [1.82, 2.24) is 15.1 Å². The van der Waals surface area contributed by atoms with Crippen LogP contribution in [-0.2, 0) is 9.59 Å². The average molecular weight is 407 g/mol. The van der Waals surface area contributed by atoms with Gasteiger partial charge in [-0.1, -0.05) is 23.9 Å². The van der Waals surface area contributed by atoms with Crippen molar-refractivity contribution in [3.05, 3.63) is 24.3 Å². The molecule has 1 atom stereocenters. The van der Waals surface area contributed by atoms with E-state index in [2.05, 4.69) is 15.1 Å². The number of hydrogen-bond acceptors (Lipinski definition) is 7. The van der Waals surface area contributed by atoms with Gasteiger partial charge in [-0.2, -0.15) is 0 Å². The van der Waals surface area contributed by atoms with Gasteiger partial charge in [0, 0.05) is 39.3 Å². The van der Waals surface area contributed by atoms with E-state index in [-0.39, 0.29) is 41.9 Å². The fraction of sp³-hybridized carbons (Fsp3) is 0.526. The maximum absolute atomic E-state index is 12.5. The van der Waals surface area contributed by atoms with Crippen LogP contribution < -0.4 is 15.0 Å². The minimum absolute atomic E-state index is 0.0857. The molecule has 1 aromatic carbocycles. The molecule has 1 N–H and O–H groups in total. The van der Waals surface area contributed by atoms with Crippen LogP contribution in [0, 0.1) is 0 Å². The summed E-state index contributed by atoms with van der Waals surface area (Å²) in [6.45, 7) is 5.56. The number of rotatable bonds is 7. The van der Waals surface area contributed by atoms with Gasteiger partial charge in [0.25, 0.3) is 5.24 Å². The number of hydrogen-bond donors (Lipinski definition) is 1. The number of nitrogens with zero attached hydrogens (tertiary/aromatic N) is 3. The maximum Gasteiger partial charge on any atom is 0.288 e. The zero-order valence-electron chi connectivity index (χ0n) is 16.2. The molecule has 0 spiro atoms. The van der Waals surface area contributed by atoms with Crippen LogP contribution in [0.1, 0.15) is 6.92 Å². The first-order chi connectivity index (χ1) is 13.5. The number of carbonyl (C=O) groups is 3. The van der Waals surface area contributed by atoms with Crippen LogP contribution in [0.15, 0.2) is 24.3 Å². The van der Waals surface area contributed by atoms with Gasteiger partial charge in [-0.05, 0) is 19.1 Å². The summed E-state index contributed by atoms with van der Waals surface area (Å²) >= 11 is 1.01. The SMILES string of the molecule is COc1ccccc1N1CCN([C@@H](C)C(=O)NCCN2C(=O)CSC2=O)CC1. The van der Waals surface area contributed by atoms with Gasteiger partial charge in [0.1, 0.15) is 5.75 Å². The number of anilines is 1. The van der Waals surface area contributed by atoms with Crippen molar-refractivity contribution < 1.29 is 19.1 Å². The second-order valence-electron chi connectivity index (χ2n) is 6.76. The summed E-state index contributed by atoms with van der Waals surface area (Å²) in [5.74, 6) is 0.771. The molecule has 152 valence electrons. The molecule has 0 aliphatic carbocycles. The fourth-order valence-corrected chi connectivity index (χ4v) is 4.19. The van der Waals surface area contributed by atoms with E-state index in [4.69, 9.17) is 4.74 Å². The summed E-state index contributed by atoms with van der Waals surface area (Å²) in [5, 5.41) is 2.60. The Balaban J connectivity index is 1.45. The van der Waals surface area contributed by atoms with E-state index in [1.54, 1.807) is 7.11 Å². The van der Waals surface area contributed by atoms with Gasteiger partial charge in [-0.3, -0.25) is 24.2 Å². The van der Waals surface area contributed by atoms with Crippen LogP contribution in [-0.4, -0.2) is 85.0 Å². The Morgan fingerprint density at radius 3 is 2.57 bits per heavy atom. The van der Waals surface area contributed by atoms with E-state index in [1.165, 1.54) is 4.90 Å². The quantitative estimate of drug-likeness (QED) is 0.724. The first-order valence-electron chi connectivity index (χ1n) is 9.38. The molecule has 28 heavy (non-hydrogen) atoms. The summed E-state index contributed by atoms with van der Waals surface area (Å²) in [6.07, 6.45) is 0. The van der Waals surface area contributed by atoms with E-state index in [9.17, 15) is 14.4 Å². The molecule has 2 aliphatic rings. The molecule has 2 saturated heterocycles. The lowest BCUT2D eigenvalue weighted by Gasteiger charge is -2.38. The fourth-order valence-electron chi connectivity index (χ4n) is 3.44. The highest BCUT2D eigenvalue weighted by Crippen LogP contribution is 2.28. The van der Waals surface area contributed by atoms with Crippen LogP contribution >= 0.6 is 11.8 Å². The standard InChI is InChI=1S/C19H26N4O4S/c1-14(18(25)20-7-8-23-17(24)13-28-19(23)26)21-9-11-22(12-10-21)15-5-3-4-6-16(15)27-2/h3-6,14H,7-13H2,1-2H3,(H,20,25)/t14-/m0/s1. The predicted octanol–water partition coefficient (Wildman–Crippen LogP) is 1.02. The third-order valence-corrected chi connectivity index (χ3v) is 6.00. The highest BCUT2D eigenvalue weighted by Gasteiger charge is 2.30. The molecule has 0 aromatic heterocycles. The van der Waals surface area contributed by atoms with Crippen LogP contribution in [0.25, 0.3) is 0 Å².